The van der Waals surface area contributed by atoms with Crippen LogP contribution in [-0.2, 0) is 0 Å². The van der Waals surface area contributed by atoms with E-state index >= 15 is 0 Å². The fourth-order valence-corrected chi connectivity index (χ4v) is 2.65. The molecule has 0 saturated heterocycles. The van der Waals surface area contributed by atoms with Crippen LogP contribution >= 0.6 is 23.2 Å². The van der Waals surface area contributed by atoms with Crippen molar-refractivity contribution in [3.05, 3.63) is 82.4 Å². The number of nitrogens with zero attached hydrogens (tertiary/aromatic N) is 1. The summed E-state index contributed by atoms with van der Waals surface area (Å²) < 4.78 is 12.9. The molecule has 1 amide bonds. The van der Waals surface area contributed by atoms with Crippen molar-refractivity contribution in [1.82, 2.24) is 4.98 Å². The van der Waals surface area contributed by atoms with Crippen molar-refractivity contribution in [1.29, 1.82) is 0 Å². The third kappa shape index (κ3) is 4.68. The Morgan fingerprint density at radius 1 is 0.880 bits per heavy atom. The second-order valence-electron chi connectivity index (χ2n) is 5.18. The van der Waals surface area contributed by atoms with Crippen LogP contribution in [0.5, 0.6) is 0 Å². The van der Waals surface area contributed by atoms with Gasteiger partial charge < -0.3 is 10.6 Å². The maximum Gasteiger partial charge on any atom is 0.274 e. The number of benzene rings is 2. The van der Waals surface area contributed by atoms with Crippen LogP contribution in [0.1, 0.15) is 10.5 Å². The maximum absolute atomic E-state index is 12.9. The van der Waals surface area contributed by atoms with Crippen molar-refractivity contribution < 1.29 is 9.18 Å². The van der Waals surface area contributed by atoms with Gasteiger partial charge in [0.05, 0.1) is 11.9 Å². The predicted octanol–water partition coefficient (Wildman–Crippen LogP) is 5.52. The van der Waals surface area contributed by atoms with Gasteiger partial charge in [-0.3, -0.25) is 4.79 Å². The molecule has 3 aromatic rings. The first kappa shape index (κ1) is 17.2. The van der Waals surface area contributed by atoms with Crippen molar-refractivity contribution >= 4 is 46.2 Å². The van der Waals surface area contributed by atoms with Gasteiger partial charge in [0.1, 0.15) is 11.5 Å². The van der Waals surface area contributed by atoms with E-state index < -0.39 is 0 Å². The number of hydrogen-bond donors (Lipinski definition) is 2. The van der Waals surface area contributed by atoms with E-state index in [4.69, 9.17) is 23.2 Å². The molecule has 126 valence electrons. The van der Waals surface area contributed by atoms with Crippen LogP contribution in [0.4, 0.5) is 21.5 Å². The number of amides is 1. The Morgan fingerprint density at radius 3 is 2.12 bits per heavy atom. The molecule has 1 aromatic heterocycles. The lowest BCUT2D eigenvalue weighted by Crippen LogP contribution is -2.13. The number of rotatable bonds is 4. The first-order valence-corrected chi connectivity index (χ1v) is 8.01. The van der Waals surface area contributed by atoms with E-state index in [2.05, 4.69) is 15.6 Å². The minimum atomic E-state index is -0.383. The summed E-state index contributed by atoms with van der Waals surface area (Å²) in [7, 11) is 0. The molecule has 0 fully saturated rings. The van der Waals surface area contributed by atoms with Crippen LogP contribution in [0.25, 0.3) is 0 Å². The molecular formula is C18H12Cl2FN3O. The third-order valence-corrected chi connectivity index (χ3v) is 3.69. The maximum atomic E-state index is 12.9. The summed E-state index contributed by atoms with van der Waals surface area (Å²) in [4.78, 5) is 16.3. The molecule has 0 aliphatic carbocycles. The van der Waals surface area contributed by atoms with Gasteiger partial charge in [0.25, 0.3) is 5.91 Å². The molecule has 0 unspecified atom stereocenters. The van der Waals surface area contributed by atoms with Gasteiger partial charge in [0.15, 0.2) is 0 Å². The molecule has 0 aliphatic rings. The van der Waals surface area contributed by atoms with Gasteiger partial charge in [-0.2, -0.15) is 0 Å². The highest BCUT2D eigenvalue weighted by Crippen LogP contribution is 2.23. The Bertz CT molecular complexity index is 879. The molecule has 0 radical (unpaired) electrons. The highest BCUT2D eigenvalue weighted by atomic mass is 35.5. The molecule has 2 aromatic carbocycles. The quantitative estimate of drug-likeness (QED) is 0.630. The van der Waals surface area contributed by atoms with Crippen molar-refractivity contribution in [2.45, 2.75) is 0 Å². The molecule has 3 rings (SSSR count). The summed E-state index contributed by atoms with van der Waals surface area (Å²) in [6.45, 7) is 0. The number of halogens is 3. The summed E-state index contributed by atoms with van der Waals surface area (Å²) in [5.74, 6) is -0.691. The fourth-order valence-electron chi connectivity index (χ4n) is 2.12. The normalized spacial score (nSPS) is 10.4. The number of nitrogens with one attached hydrogen (secondary N) is 2. The van der Waals surface area contributed by atoms with E-state index in [0.29, 0.717) is 27.1 Å². The molecule has 25 heavy (non-hydrogen) atoms. The molecular weight excluding hydrogens is 364 g/mol. The molecule has 7 heteroatoms. The average molecular weight is 376 g/mol. The zero-order valence-electron chi connectivity index (χ0n) is 12.8. The van der Waals surface area contributed by atoms with E-state index in [1.165, 1.54) is 18.3 Å². The Balaban J connectivity index is 1.68. The average Bonchev–Trinajstić information content (AvgIpc) is 2.56. The van der Waals surface area contributed by atoms with Gasteiger partial charge in [0, 0.05) is 21.4 Å². The number of aromatic nitrogens is 1. The monoisotopic (exact) mass is 375 g/mol. The molecule has 1 heterocycles. The molecule has 0 aliphatic heterocycles. The number of carbonyl (C=O) groups is 1. The topological polar surface area (TPSA) is 54.0 Å². The third-order valence-electron chi connectivity index (χ3n) is 3.25. The first-order valence-electron chi connectivity index (χ1n) is 7.26. The van der Waals surface area contributed by atoms with Crippen molar-refractivity contribution in [3.63, 3.8) is 0 Å². The smallest absolute Gasteiger partial charge is 0.274 e. The number of anilines is 3. The molecule has 0 atom stereocenters. The van der Waals surface area contributed by atoms with Gasteiger partial charge in [0.2, 0.25) is 0 Å². The summed E-state index contributed by atoms with van der Waals surface area (Å²) in [6.07, 6.45) is 1.52. The molecule has 2 N–H and O–H groups in total. The Hall–Kier alpha value is -2.63. The second-order valence-corrected chi connectivity index (χ2v) is 6.05. The van der Waals surface area contributed by atoms with Gasteiger partial charge in [-0.15, -0.1) is 0 Å². The zero-order chi connectivity index (χ0) is 17.8. The minimum Gasteiger partial charge on any atom is -0.354 e. The van der Waals surface area contributed by atoms with E-state index in [0.717, 1.165) is 0 Å². The number of hydrogen-bond acceptors (Lipinski definition) is 3. The summed E-state index contributed by atoms with van der Waals surface area (Å²) in [6, 6.07) is 14.0. The molecule has 4 nitrogen and oxygen atoms in total. The summed E-state index contributed by atoms with van der Waals surface area (Å²) in [5.41, 5.74) is 2.11. The molecule has 0 bridgehead atoms. The number of pyridine rings is 1. The molecule has 0 spiro atoms. The van der Waals surface area contributed by atoms with Crippen molar-refractivity contribution in [2.75, 3.05) is 10.6 Å². The van der Waals surface area contributed by atoms with Crippen LogP contribution in [0, 0.1) is 5.82 Å². The SMILES string of the molecule is O=C(Nc1cc(Cl)cc(Cl)c1)c1ccc(Nc2ccc(F)cc2)cn1. The predicted molar refractivity (Wildman–Crippen MR) is 98.3 cm³/mol. The highest BCUT2D eigenvalue weighted by molar-refractivity contribution is 6.35. The lowest BCUT2D eigenvalue weighted by atomic mass is 10.2. The van der Waals surface area contributed by atoms with Crippen molar-refractivity contribution in [3.8, 4) is 0 Å². The van der Waals surface area contributed by atoms with E-state index in [-0.39, 0.29) is 17.4 Å². The van der Waals surface area contributed by atoms with E-state index in [1.807, 2.05) is 0 Å². The summed E-state index contributed by atoms with van der Waals surface area (Å²) in [5, 5.41) is 6.60. The first-order chi connectivity index (χ1) is 12.0. The molecule has 0 saturated carbocycles. The lowest BCUT2D eigenvalue weighted by molar-refractivity contribution is 0.102. The van der Waals surface area contributed by atoms with Crippen LogP contribution < -0.4 is 10.6 Å². The van der Waals surface area contributed by atoms with Gasteiger partial charge in [-0.25, -0.2) is 9.37 Å². The standard InChI is InChI=1S/C18H12Cl2FN3O/c19-11-7-12(20)9-16(8-11)24-18(25)17-6-5-15(10-22-17)23-14-3-1-13(21)2-4-14/h1-10,23H,(H,24,25). The van der Waals surface area contributed by atoms with E-state index in [9.17, 15) is 9.18 Å². The van der Waals surface area contributed by atoms with Crippen LogP contribution in [0.2, 0.25) is 10.0 Å². The Morgan fingerprint density at radius 2 is 1.52 bits per heavy atom. The van der Waals surface area contributed by atoms with Crippen LogP contribution in [0.15, 0.2) is 60.8 Å². The van der Waals surface area contributed by atoms with Gasteiger partial charge in [-0.1, -0.05) is 23.2 Å². The summed E-state index contributed by atoms with van der Waals surface area (Å²) >= 11 is 11.8. The number of carbonyl (C=O) groups excluding carboxylic acids is 1. The Kier molecular flexibility index (Phi) is 5.16. The lowest BCUT2D eigenvalue weighted by Gasteiger charge is -2.08. The largest absolute Gasteiger partial charge is 0.354 e. The van der Waals surface area contributed by atoms with E-state index in [1.54, 1.807) is 42.5 Å². The highest BCUT2D eigenvalue weighted by Gasteiger charge is 2.09. The van der Waals surface area contributed by atoms with Crippen LogP contribution in [0.3, 0.4) is 0 Å². The van der Waals surface area contributed by atoms with Crippen molar-refractivity contribution in [2.24, 2.45) is 0 Å². The van der Waals surface area contributed by atoms with Gasteiger partial charge >= 0.3 is 0 Å². The van der Waals surface area contributed by atoms with Crippen LogP contribution in [-0.4, -0.2) is 10.9 Å². The van der Waals surface area contributed by atoms with Gasteiger partial charge in [-0.05, 0) is 54.6 Å². The minimum absolute atomic E-state index is 0.237. The Labute approximate surface area is 153 Å². The zero-order valence-corrected chi connectivity index (χ0v) is 14.3. The fraction of sp³-hybridized carbons (Fsp3) is 0. The second kappa shape index (κ2) is 7.51.